The predicted octanol–water partition coefficient (Wildman–Crippen LogP) is 2.39. The minimum absolute atomic E-state index is 0.579. The lowest BCUT2D eigenvalue weighted by molar-refractivity contribution is 0.724. The number of hydrogen-bond acceptors (Lipinski definition) is 3. The van der Waals surface area contributed by atoms with Gasteiger partial charge >= 0.3 is 0 Å². The summed E-state index contributed by atoms with van der Waals surface area (Å²) in [7, 11) is 0. The lowest BCUT2D eigenvalue weighted by Gasteiger charge is -2.25. The first kappa shape index (κ1) is 12.4. The highest BCUT2D eigenvalue weighted by molar-refractivity contribution is 5.51. The van der Waals surface area contributed by atoms with E-state index < -0.39 is 0 Å². The van der Waals surface area contributed by atoms with Crippen molar-refractivity contribution in [1.29, 1.82) is 0 Å². The fourth-order valence-electron chi connectivity index (χ4n) is 2.33. The topological polar surface area (TPSA) is 42.2 Å². The third kappa shape index (κ3) is 2.78. The standard InChI is InChI=1S/C14H23N3/c1-4-17(9-12-5-6-12)14-13(8-15)10(2)7-11(3)16-14/h7,12H,4-6,8-9,15H2,1-3H3. The normalized spacial score (nSPS) is 15.1. The van der Waals surface area contributed by atoms with Crippen LogP contribution >= 0.6 is 0 Å². The number of anilines is 1. The summed E-state index contributed by atoms with van der Waals surface area (Å²) >= 11 is 0. The van der Waals surface area contributed by atoms with Crippen LogP contribution in [0.1, 0.15) is 36.6 Å². The summed E-state index contributed by atoms with van der Waals surface area (Å²) in [5.74, 6) is 1.99. The number of aromatic nitrogens is 1. The molecule has 0 aromatic carbocycles. The Balaban J connectivity index is 2.32. The van der Waals surface area contributed by atoms with Gasteiger partial charge in [0.2, 0.25) is 0 Å². The van der Waals surface area contributed by atoms with E-state index in [1.807, 2.05) is 0 Å². The Morgan fingerprint density at radius 3 is 2.65 bits per heavy atom. The number of nitrogens with two attached hydrogens (primary N) is 1. The van der Waals surface area contributed by atoms with Crippen LogP contribution in [-0.2, 0) is 6.54 Å². The van der Waals surface area contributed by atoms with E-state index in [0.29, 0.717) is 6.54 Å². The van der Waals surface area contributed by atoms with E-state index in [0.717, 1.165) is 30.5 Å². The Hall–Kier alpha value is -1.09. The van der Waals surface area contributed by atoms with E-state index in [2.05, 4.69) is 31.7 Å². The third-order valence-corrected chi connectivity index (χ3v) is 3.51. The number of rotatable bonds is 5. The van der Waals surface area contributed by atoms with Crippen molar-refractivity contribution in [1.82, 2.24) is 4.98 Å². The molecule has 0 amide bonds. The van der Waals surface area contributed by atoms with Gasteiger partial charge in [-0.1, -0.05) is 0 Å². The molecule has 3 heteroatoms. The second-order valence-electron chi connectivity index (χ2n) is 5.07. The van der Waals surface area contributed by atoms with E-state index in [-0.39, 0.29) is 0 Å². The monoisotopic (exact) mass is 233 g/mol. The Morgan fingerprint density at radius 1 is 1.41 bits per heavy atom. The molecule has 3 nitrogen and oxygen atoms in total. The molecule has 1 aliphatic rings. The molecule has 0 spiro atoms. The Morgan fingerprint density at radius 2 is 2.12 bits per heavy atom. The highest BCUT2D eigenvalue weighted by Crippen LogP contribution is 2.32. The summed E-state index contributed by atoms with van der Waals surface area (Å²) in [6, 6.07) is 2.12. The van der Waals surface area contributed by atoms with Crippen LogP contribution in [0.3, 0.4) is 0 Å². The number of hydrogen-bond donors (Lipinski definition) is 1. The van der Waals surface area contributed by atoms with Crippen molar-refractivity contribution in [3.05, 3.63) is 22.9 Å². The summed E-state index contributed by atoms with van der Waals surface area (Å²) < 4.78 is 0. The van der Waals surface area contributed by atoms with Crippen molar-refractivity contribution in [3.63, 3.8) is 0 Å². The molecule has 0 radical (unpaired) electrons. The second-order valence-corrected chi connectivity index (χ2v) is 5.07. The van der Waals surface area contributed by atoms with Gasteiger partial charge in [-0.05, 0) is 51.2 Å². The molecule has 2 N–H and O–H groups in total. The van der Waals surface area contributed by atoms with Crippen LogP contribution < -0.4 is 10.6 Å². The molecule has 2 rings (SSSR count). The van der Waals surface area contributed by atoms with E-state index in [4.69, 9.17) is 10.7 Å². The fourth-order valence-corrected chi connectivity index (χ4v) is 2.33. The molecule has 94 valence electrons. The zero-order chi connectivity index (χ0) is 12.4. The number of pyridine rings is 1. The lowest BCUT2D eigenvalue weighted by atomic mass is 10.1. The largest absolute Gasteiger partial charge is 0.356 e. The van der Waals surface area contributed by atoms with Crippen LogP contribution in [0.25, 0.3) is 0 Å². The van der Waals surface area contributed by atoms with Gasteiger partial charge in [-0.15, -0.1) is 0 Å². The predicted molar refractivity (Wildman–Crippen MR) is 72.2 cm³/mol. The molecular weight excluding hydrogens is 210 g/mol. The van der Waals surface area contributed by atoms with Crippen LogP contribution in [-0.4, -0.2) is 18.1 Å². The molecule has 0 atom stereocenters. The van der Waals surface area contributed by atoms with Crippen LogP contribution in [0.5, 0.6) is 0 Å². The molecule has 17 heavy (non-hydrogen) atoms. The minimum atomic E-state index is 0.579. The maximum Gasteiger partial charge on any atom is 0.133 e. The molecule has 0 aliphatic heterocycles. The molecule has 1 aromatic heterocycles. The zero-order valence-corrected chi connectivity index (χ0v) is 11.2. The molecule has 1 aromatic rings. The highest BCUT2D eigenvalue weighted by atomic mass is 15.2. The van der Waals surface area contributed by atoms with Crippen molar-refractivity contribution in [2.24, 2.45) is 11.7 Å². The van der Waals surface area contributed by atoms with Crippen LogP contribution in [0.15, 0.2) is 6.07 Å². The van der Waals surface area contributed by atoms with Gasteiger partial charge in [-0.25, -0.2) is 4.98 Å². The molecule has 0 unspecified atom stereocenters. The maximum atomic E-state index is 5.87. The third-order valence-electron chi connectivity index (χ3n) is 3.51. The maximum absolute atomic E-state index is 5.87. The lowest BCUT2D eigenvalue weighted by Crippen LogP contribution is -2.28. The summed E-state index contributed by atoms with van der Waals surface area (Å²) in [5.41, 5.74) is 9.44. The molecular formula is C14H23N3. The van der Waals surface area contributed by atoms with Crippen molar-refractivity contribution < 1.29 is 0 Å². The molecule has 1 aliphatic carbocycles. The molecule has 0 bridgehead atoms. The van der Waals surface area contributed by atoms with E-state index in [1.54, 1.807) is 0 Å². The summed E-state index contributed by atoms with van der Waals surface area (Å²) in [6.45, 7) is 9.11. The van der Waals surface area contributed by atoms with Crippen molar-refractivity contribution >= 4 is 5.82 Å². The molecule has 1 heterocycles. The van der Waals surface area contributed by atoms with Crippen LogP contribution in [0, 0.1) is 19.8 Å². The number of nitrogens with zero attached hydrogens (tertiary/aromatic N) is 2. The van der Waals surface area contributed by atoms with Gasteiger partial charge in [-0.2, -0.15) is 0 Å². The molecule has 0 saturated heterocycles. The van der Waals surface area contributed by atoms with Crippen molar-refractivity contribution in [3.8, 4) is 0 Å². The quantitative estimate of drug-likeness (QED) is 0.849. The summed E-state index contributed by atoms with van der Waals surface area (Å²) in [4.78, 5) is 7.09. The van der Waals surface area contributed by atoms with Crippen LogP contribution in [0.2, 0.25) is 0 Å². The van der Waals surface area contributed by atoms with Gasteiger partial charge in [0.05, 0.1) is 0 Å². The Labute approximate surface area is 104 Å². The average Bonchev–Trinajstić information content (AvgIpc) is 3.08. The van der Waals surface area contributed by atoms with E-state index in [9.17, 15) is 0 Å². The van der Waals surface area contributed by atoms with Gasteiger partial charge < -0.3 is 10.6 Å². The second kappa shape index (κ2) is 5.05. The summed E-state index contributed by atoms with van der Waals surface area (Å²) in [5, 5.41) is 0. The van der Waals surface area contributed by atoms with Gasteiger partial charge in [0, 0.05) is 30.9 Å². The Bertz CT molecular complexity index is 397. The smallest absolute Gasteiger partial charge is 0.133 e. The zero-order valence-electron chi connectivity index (χ0n) is 11.2. The van der Waals surface area contributed by atoms with Gasteiger partial charge in [0.1, 0.15) is 5.82 Å². The first-order valence-electron chi connectivity index (χ1n) is 6.57. The fraction of sp³-hybridized carbons (Fsp3) is 0.643. The van der Waals surface area contributed by atoms with Crippen LogP contribution in [0.4, 0.5) is 5.82 Å². The Kier molecular flexibility index (Phi) is 3.67. The average molecular weight is 233 g/mol. The van der Waals surface area contributed by atoms with Crippen molar-refractivity contribution in [2.45, 2.75) is 40.2 Å². The van der Waals surface area contributed by atoms with Gasteiger partial charge in [0.25, 0.3) is 0 Å². The van der Waals surface area contributed by atoms with E-state index >= 15 is 0 Å². The van der Waals surface area contributed by atoms with Gasteiger partial charge in [0.15, 0.2) is 0 Å². The molecule has 1 fully saturated rings. The molecule has 1 saturated carbocycles. The van der Waals surface area contributed by atoms with Gasteiger partial charge in [-0.3, -0.25) is 0 Å². The van der Waals surface area contributed by atoms with E-state index in [1.165, 1.54) is 24.0 Å². The number of aryl methyl sites for hydroxylation is 2. The first-order chi connectivity index (χ1) is 8.15. The van der Waals surface area contributed by atoms with Crippen molar-refractivity contribution in [2.75, 3.05) is 18.0 Å². The summed E-state index contributed by atoms with van der Waals surface area (Å²) in [6.07, 6.45) is 2.75. The SMILES string of the molecule is CCN(CC1CC1)c1nc(C)cc(C)c1CN. The highest BCUT2D eigenvalue weighted by Gasteiger charge is 2.25. The minimum Gasteiger partial charge on any atom is -0.356 e. The first-order valence-corrected chi connectivity index (χ1v) is 6.57.